The van der Waals surface area contributed by atoms with Crippen LogP contribution in [0.3, 0.4) is 0 Å². The van der Waals surface area contributed by atoms with Crippen LogP contribution in [0.2, 0.25) is 0 Å². The van der Waals surface area contributed by atoms with Crippen LogP contribution in [0, 0.1) is 5.92 Å². The van der Waals surface area contributed by atoms with Crippen molar-refractivity contribution in [2.75, 3.05) is 0 Å². The summed E-state index contributed by atoms with van der Waals surface area (Å²) in [4.78, 5) is 0. The fourth-order valence-corrected chi connectivity index (χ4v) is 2.30. The summed E-state index contributed by atoms with van der Waals surface area (Å²) in [5, 5.41) is 11.3. The first-order chi connectivity index (χ1) is 7.24. The zero-order valence-corrected chi connectivity index (χ0v) is 8.73. The molecule has 3 rings (SSSR count). The molecule has 78 valence electrons. The van der Waals surface area contributed by atoms with Gasteiger partial charge in [-0.2, -0.15) is 0 Å². The molecule has 2 unspecified atom stereocenters. The van der Waals surface area contributed by atoms with Gasteiger partial charge in [0.25, 0.3) is 0 Å². The standard InChI is InChI=1S/C13H14O2/c1-2-10-8-13(10,14)12-7-9-5-3-4-6-11(9)15-12/h3-7,10,14H,2,8H2,1H3. The summed E-state index contributed by atoms with van der Waals surface area (Å²) >= 11 is 0. The second-order valence-corrected chi connectivity index (χ2v) is 4.38. The van der Waals surface area contributed by atoms with Crippen molar-refractivity contribution in [3.05, 3.63) is 36.1 Å². The number of benzene rings is 1. The molecule has 1 aromatic carbocycles. The number of furan rings is 1. The molecule has 1 aromatic heterocycles. The second kappa shape index (κ2) is 2.86. The minimum absolute atomic E-state index is 0.373. The predicted octanol–water partition coefficient (Wildman–Crippen LogP) is 3.05. The molecule has 1 N–H and O–H groups in total. The van der Waals surface area contributed by atoms with Crippen molar-refractivity contribution >= 4 is 11.0 Å². The molecule has 0 amide bonds. The number of rotatable bonds is 2. The Morgan fingerprint density at radius 2 is 2.27 bits per heavy atom. The molecule has 2 atom stereocenters. The molecule has 2 heteroatoms. The lowest BCUT2D eigenvalue weighted by molar-refractivity contribution is 0.106. The first-order valence-electron chi connectivity index (χ1n) is 5.45. The van der Waals surface area contributed by atoms with Crippen LogP contribution >= 0.6 is 0 Å². The lowest BCUT2D eigenvalue weighted by atomic mass is 10.1. The van der Waals surface area contributed by atoms with Crippen LogP contribution in [-0.2, 0) is 5.60 Å². The fraction of sp³-hybridized carbons (Fsp3) is 0.385. The second-order valence-electron chi connectivity index (χ2n) is 4.38. The summed E-state index contributed by atoms with van der Waals surface area (Å²) in [6.07, 6.45) is 1.84. The molecular weight excluding hydrogens is 188 g/mol. The van der Waals surface area contributed by atoms with Gasteiger partial charge in [0.2, 0.25) is 0 Å². The number of fused-ring (bicyclic) bond motifs is 1. The third-order valence-corrected chi connectivity index (χ3v) is 3.42. The third-order valence-electron chi connectivity index (χ3n) is 3.42. The van der Waals surface area contributed by atoms with E-state index in [1.165, 1.54) is 0 Å². The number of hydrogen-bond donors (Lipinski definition) is 1. The van der Waals surface area contributed by atoms with E-state index in [9.17, 15) is 5.11 Å². The quantitative estimate of drug-likeness (QED) is 0.812. The van der Waals surface area contributed by atoms with E-state index in [4.69, 9.17) is 4.42 Å². The highest BCUT2D eigenvalue weighted by molar-refractivity contribution is 5.78. The van der Waals surface area contributed by atoms with E-state index in [1.54, 1.807) is 0 Å². The summed E-state index contributed by atoms with van der Waals surface area (Å²) in [7, 11) is 0. The van der Waals surface area contributed by atoms with E-state index in [0.29, 0.717) is 5.92 Å². The molecule has 0 bridgehead atoms. The van der Waals surface area contributed by atoms with Crippen LogP contribution in [0.4, 0.5) is 0 Å². The summed E-state index contributed by atoms with van der Waals surface area (Å²) < 4.78 is 5.68. The molecule has 1 fully saturated rings. The van der Waals surface area contributed by atoms with Crippen molar-refractivity contribution in [3.8, 4) is 0 Å². The summed E-state index contributed by atoms with van der Waals surface area (Å²) in [5.41, 5.74) is 0.177. The Kier molecular flexibility index (Phi) is 1.71. The molecule has 15 heavy (non-hydrogen) atoms. The highest BCUT2D eigenvalue weighted by atomic mass is 16.4. The SMILES string of the molecule is CCC1CC1(O)c1cc2ccccc2o1. The van der Waals surface area contributed by atoms with Crippen LogP contribution in [0.5, 0.6) is 0 Å². The van der Waals surface area contributed by atoms with E-state index in [0.717, 1.165) is 29.6 Å². The van der Waals surface area contributed by atoms with Gasteiger partial charge in [0.15, 0.2) is 0 Å². The first kappa shape index (κ1) is 8.98. The summed E-state index contributed by atoms with van der Waals surface area (Å²) in [5.74, 6) is 1.11. The van der Waals surface area contributed by atoms with E-state index >= 15 is 0 Å². The van der Waals surface area contributed by atoms with Gasteiger partial charge >= 0.3 is 0 Å². The summed E-state index contributed by atoms with van der Waals surface area (Å²) in [6, 6.07) is 9.84. The Bertz CT molecular complexity index is 467. The molecule has 1 aliphatic rings. The van der Waals surface area contributed by atoms with Gasteiger partial charge in [-0.15, -0.1) is 0 Å². The Labute approximate surface area is 88.5 Å². The normalized spacial score (nSPS) is 29.6. The minimum atomic E-state index is -0.687. The first-order valence-corrected chi connectivity index (χ1v) is 5.45. The molecule has 0 saturated heterocycles. The van der Waals surface area contributed by atoms with Crippen molar-refractivity contribution in [3.63, 3.8) is 0 Å². The molecule has 0 aliphatic heterocycles. The Balaban J connectivity index is 2.06. The Hall–Kier alpha value is -1.28. The van der Waals surface area contributed by atoms with E-state index < -0.39 is 5.60 Å². The fourth-order valence-electron chi connectivity index (χ4n) is 2.30. The lowest BCUT2D eigenvalue weighted by Gasteiger charge is -2.04. The van der Waals surface area contributed by atoms with Crippen molar-refractivity contribution in [1.29, 1.82) is 0 Å². The van der Waals surface area contributed by atoms with Crippen LogP contribution in [0.25, 0.3) is 11.0 Å². The van der Waals surface area contributed by atoms with Crippen LogP contribution in [0.1, 0.15) is 25.5 Å². The third kappa shape index (κ3) is 1.21. The number of para-hydroxylation sites is 1. The van der Waals surface area contributed by atoms with Crippen LogP contribution in [-0.4, -0.2) is 5.11 Å². The molecule has 0 spiro atoms. The Morgan fingerprint density at radius 1 is 1.47 bits per heavy atom. The number of hydrogen-bond acceptors (Lipinski definition) is 2. The highest BCUT2D eigenvalue weighted by Crippen LogP contribution is 2.54. The largest absolute Gasteiger partial charge is 0.458 e. The van der Waals surface area contributed by atoms with Gasteiger partial charge in [-0.3, -0.25) is 0 Å². The summed E-state index contributed by atoms with van der Waals surface area (Å²) in [6.45, 7) is 2.10. The van der Waals surface area contributed by atoms with E-state index in [1.807, 2.05) is 30.3 Å². The van der Waals surface area contributed by atoms with Crippen molar-refractivity contribution in [1.82, 2.24) is 0 Å². The highest BCUT2D eigenvalue weighted by Gasteiger charge is 2.55. The maximum Gasteiger partial charge on any atom is 0.137 e. The maximum atomic E-state index is 10.3. The maximum absolute atomic E-state index is 10.3. The van der Waals surface area contributed by atoms with Crippen molar-refractivity contribution in [2.45, 2.75) is 25.4 Å². The molecule has 0 radical (unpaired) electrons. The van der Waals surface area contributed by atoms with Gasteiger partial charge in [0.1, 0.15) is 16.9 Å². The lowest BCUT2D eigenvalue weighted by Crippen LogP contribution is -2.06. The van der Waals surface area contributed by atoms with Crippen molar-refractivity contribution < 1.29 is 9.52 Å². The Morgan fingerprint density at radius 3 is 2.93 bits per heavy atom. The average molecular weight is 202 g/mol. The van der Waals surface area contributed by atoms with E-state index in [-0.39, 0.29) is 0 Å². The monoisotopic (exact) mass is 202 g/mol. The average Bonchev–Trinajstić information content (AvgIpc) is 2.76. The molecule has 1 saturated carbocycles. The molecule has 1 aliphatic carbocycles. The van der Waals surface area contributed by atoms with E-state index in [2.05, 4.69) is 6.92 Å². The zero-order chi connectivity index (χ0) is 10.5. The van der Waals surface area contributed by atoms with Crippen LogP contribution in [0.15, 0.2) is 34.7 Å². The number of aliphatic hydroxyl groups is 1. The predicted molar refractivity (Wildman–Crippen MR) is 58.5 cm³/mol. The van der Waals surface area contributed by atoms with Gasteiger partial charge in [-0.1, -0.05) is 25.1 Å². The molecular formula is C13H14O2. The topological polar surface area (TPSA) is 33.4 Å². The van der Waals surface area contributed by atoms with Crippen LogP contribution < -0.4 is 0 Å². The smallest absolute Gasteiger partial charge is 0.137 e. The van der Waals surface area contributed by atoms with Gasteiger partial charge in [0, 0.05) is 5.39 Å². The molecule has 2 aromatic rings. The van der Waals surface area contributed by atoms with Gasteiger partial charge in [-0.05, 0) is 30.9 Å². The molecule has 1 heterocycles. The zero-order valence-electron chi connectivity index (χ0n) is 8.73. The van der Waals surface area contributed by atoms with Gasteiger partial charge < -0.3 is 9.52 Å². The van der Waals surface area contributed by atoms with Gasteiger partial charge in [0.05, 0.1) is 0 Å². The van der Waals surface area contributed by atoms with Gasteiger partial charge in [-0.25, -0.2) is 0 Å². The minimum Gasteiger partial charge on any atom is -0.458 e. The molecule has 2 nitrogen and oxygen atoms in total. The van der Waals surface area contributed by atoms with Crippen molar-refractivity contribution in [2.24, 2.45) is 5.92 Å².